The molecule has 0 saturated carbocycles. The third kappa shape index (κ3) is 8.97. The smallest absolute Gasteiger partial charge is 0.328 e. The minimum absolute atomic E-state index is 0.0437. The number of esters is 2. The predicted octanol–water partition coefficient (Wildman–Crippen LogP) is 2.26. The van der Waals surface area contributed by atoms with Crippen LogP contribution in [-0.2, 0) is 28.7 Å². The Morgan fingerprint density at radius 2 is 1.53 bits per heavy atom. The van der Waals surface area contributed by atoms with Crippen molar-refractivity contribution in [3.05, 3.63) is 12.2 Å². The fourth-order valence-corrected chi connectivity index (χ4v) is 3.60. The highest BCUT2D eigenvalue weighted by Crippen LogP contribution is 2.20. The first kappa shape index (κ1) is 23.9. The fourth-order valence-electron chi connectivity index (χ4n) is 3.60. The molecule has 30 heavy (non-hydrogen) atoms. The number of hydrogen-bond acceptors (Lipinski definition) is 6. The molecule has 1 unspecified atom stereocenters. The minimum atomic E-state index is -0.495. The summed E-state index contributed by atoms with van der Waals surface area (Å²) in [7, 11) is 0. The van der Waals surface area contributed by atoms with E-state index in [-0.39, 0.29) is 30.4 Å². The fraction of sp³-hybridized carbons (Fsp3) is 0.727. The lowest BCUT2D eigenvalue weighted by molar-refractivity contribution is -0.153. The summed E-state index contributed by atoms with van der Waals surface area (Å²) in [5, 5.41) is 2.84. The molecule has 2 rings (SSSR count). The number of nitrogens with one attached hydrogen (secondary N) is 1. The summed E-state index contributed by atoms with van der Waals surface area (Å²) in [5.41, 5.74) is 0. The Morgan fingerprint density at radius 3 is 2.33 bits per heavy atom. The second-order valence-electron chi connectivity index (χ2n) is 7.70. The van der Waals surface area contributed by atoms with E-state index >= 15 is 0 Å². The zero-order chi connectivity index (χ0) is 21.6. The molecule has 8 nitrogen and oxygen atoms in total. The Bertz CT molecular complexity index is 619. The van der Waals surface area contributed by atoms with Crippen LogP contribution in [0.3, 0.4) is 0 Å². The molecule has 1 saturated heterocycles. The number of carbonyl (C=O) groups is 4. The number of amides is 2. The monoisotopic (exact) mass is 422 g/mol. The van der Waals surface area contributed by atoms with Gasteiger partial charge in [-0.1, -0.05) is 12.2 Å². The summed E-state index contributed by atoms with van der Waals surface area (Å²) in [5.74, 6) is -0.663. The topological polar surface area (TPSA) is 102 Å². The number of hydrogen-bond donors (Lipinski definition) is 1. The van der Waals surface area contributed by atoms with Gasteiger partial charge in [0.1, 0.15) is 6.04 Å². The average molecular weight is 423 g/mol. The second-order valence-corrected chi connectivity index (χ2v) is 7.70. The molecule has 0 aliphatic carbocycles. The molecule has 1 N–H and O–H groups in total. The van der Waals surface area contributed by atoms with Gasteiger partial charge in [0.25, 0.3) is 0 Å². The van der Waals surface area contributed by atoms with E-state index in [4.69, 9.17) is 9.47 Å². The molecule has 8 heteroatoms. The van der Waals surface area contributed by atoms with Crippen molar-refractivity contribution in [3.8, 4) is 0 Å². The molecular formula is C22H34N2O6. The number of carbonyl (C=O) groups excluding carboxylic acids is 4. The highest BCUT2D eigenvalue weighted by molar-refractivity contribution is 5.85. The normalized spacial score (nSPS) is 24.5. The first-order valence-corrected chi connectivity index (χ1v) is 11.1. The Hall–Kier alpha value is -2.38. The molecule has 1 fully saturated rings. The highest BCUT2D eigenvalue weighted by Gasteiger charge is 2.34. The van der Waals surface area contributed by atoms with Gasteiger partial charge in [-0.3, -0.25) is 14.4 Å². The van der Waals surface area contributed by atoms with E-state index in [2.05, 4.69) is 5.32 Å². The predicted molar refractivity (Wildman–Crippen MR) is 110 cm³/mol. The van der Waals surface area contributed by atoms with Crippen molar-refractivity contribution in [1.82, 2.24) is 10.2 Å². The van der Waals surface area contributed by atoms with Gasteiger partial charge in [-0.15, -0.1) is 0 Å². The number of ether oxygens (including phenoxy) is 2. The van der Waals surface area contributed by atoms with E-state index in [1.54, 1.807) is 4.90 Å². The van der Waals surface area contributed by atoms with E-state index in [9.17, 15) is 19.2 Å². The van der Waals surface area contributed by atoms with Crippen molar-refractivity contribution < 1.29 is 28.7 Å². The van der Waals surface area contributed by atoms with Gasteiger partial charge in [0.2, 0.25) is 11.8 Å². The van der Waals surface area contributed by atoms with Crippen LogP contribution in [0.1, 0.15) is 70.6 Å². The highest BCUT2D eigenvalue weighted by atomic mass is 16.5. The second kappa shape index (κ2) is 13.8. The first-order valence-electron chi connectivity index (χ1n) is 11.1. The summed E-state index contributed by atoms with van der Waals surface area (Å²) in [6, 6.07) is -0.495. The standard InChI is InChI=1S/C22H34N2O6/c25-19-11-3-4-12-20(26)24-15-9-10-18(24)22(28)30-17-8-2-1-7-16-29-21(27)13-5-6-14-23-19/h1-2,18H,3-17H2,(H,23,25). The third-order valence-electron chi connectivity index (χ3n) is 5.26. The molecular weight excluding hydrogens is 388 g/mol. The lowest BCUT2D eigenvalue weighted by atomic mass is 10.1. The molecule has 0 radical (unpaired) electrons. The molecule has 0 aromatic rings. The van der Waals surface area contributed by atoms with Crippen molar-refractivity contribution >= 4 is 23.8 Å². The molecule has 0 aromatic heterocycles. The van der Waals surface area contributed by atoms with Gasteiger partial charge in [0, 0.05) is 32.4 Å². The Balaban J connectivity index is 1.84. The molecule has 2 aliphatic rings. The SMILES string of the molecule is O=C1CCCCC(=O)N2CCCC2C(=O)OCCC=CCCOC(=O)CCCCN1. The molecule has 0 spiro atoms. The van der Waals surface area contributed by atoms with Gasteiger partial charge >= 0.3 is 11.9 Å². The molecule has 2 amide bonds. The first-order chi connectivity index (χ1) is 14.6. The van der Waals surface area contributed by atoms with E-state index in [1.165, 1.54) is 0 Å². The van der Waals surface area contributed by atoms with Crippen LogP contribution in [0.15, 0.2) is 12.2 Å². The average Bonchev–Trinajstić information content (AvgIpc) is 3.22. The number of rotatable bonds is 0. The van der Waals surface area contributed by atoms with Gasteiger partial charge < -0.3 is 19.7 Å². The van der Waals surface area contributed by atoms with E-state index in [0.717, 1.165) is 12.8 Å². The molecule has 2 aliphatic heterocycles. The van der Waals surface area contributed by atoms with Gasteiger partial charge in [0.05, 0.1) is 13.2 Å². The zero-order valence-corrected chi connectivity index (χ0v) is 17.7. The number of fused-ring (bicyclic) bond motifs is 1. The van der Waals surface area contributed by atoms with E-state index in [1.807, 2.05) is 12.2 Å². The molecule has 0 aromatic carbocycles. The van der Waals surface area contributed by atoms with Crippen molar-refractivity contribution in [3.63, 3.8) is 0 Å². The third-order valence-corrected chi connectivity index (χ3v) is 5.26. The van der Waals surface area contributed by atoms with Gasteiger partial charge in [-0.05, 0) is 51.4 Å². The molecule has 168 valence electrons. The largest absolute Gasteiger partial charge is 0.465 e. The van der Waals surface area contributed by atoms with Crippen LogP contribution in [-0.4, -0.2) is 61.0 Å². The lowest BCUT2D eigenvalue weighted by Crippen LogP contribution is -2.41. The maximum absolute atomic E-state index is 12.5. The van der Waals surface area contributed by atoms with Crippen LogP contribution < -0.4 is 5.32 Å². The Morgan fingerprint density at radius 1 is 0.833 bits per heavy atom. The van der Waals surface area contributed by atoms with Crippen molar-refractivity contribution in [2.75, 3.05) is 26.3 Å². The minimum Gasteiger partial charge on any atom is -0.465 e. The summed E-state index contributed by atoms with van der Waals surface area (Å²) in [4.78, 5) is 50.0. The molecule has 2 heterocycles. The van der Waals surface area contributed by atoms with Crippen LogP contribution in [0.4, 0.5) is 0 Å². The summed E-state index contributed by atoms with van der Waals surface area (Å²) in [6.07, 6.45) is 10.1. The summed E-state index contributed by atoms with van der Waals surface area (Å²) >= 11 is 0. The van der Waals surface area contributed by atoms with E-state index < -0.39 is 6.04 Å². The van der Waals surface area contributed by atoms with Crippen molar-refractivity contribution in [1.29, 1.82) is 0 Å². The molecule has 0 bridgehead atoms. The zero-order valence-electron chi connectivity index (χ0n) is 17.7. The van der Waals surface area contributed by atoms with Crippen LogP contribution >= 0.6 is 0 Å². The maximum atomic E-state index is 12.5. The number of cyclic esters (lactones) is 2. The van der Waals surface area contributed by atoms with Crippen LogP contribution in [0.5, 0.6) is 0 Å². The Kier molecular flexibility index (Phi) is 11.0. The van der Waals surface area contributed by atoms with Gasteiger partial charge in [-0.25, -0.2) is 4.79 Å². The summed E-state index contributed by atoms with van der Waals surface area (Å²) < 4.78 is 10.5. The number of nitrogens with zero attached hydrogens (tertiary/aromatic N) is 1. The van der Waals surface area contributed by atoms with Crippen LogP contribution in [0.25, 0.3) is 0 Å². The van der Waals surface area contributed by atoms with Gasteiger partial charge in [0.15, 0.2) is 0 Å². The molecule has 1 atom stereocenters. The lowest BCUT2D eigenvalue weighted by Gasteiger charge is -2.23. The van der Waals surface area contributed by atoms with E-state index in [0.29, 0.717) is 77.5 Å². The van der Waals surface area contributed by atoms with Crippen molar-refractivity contribution in [2.24, 2.45) is 0 Å². The summed E-state index contributed by atoms with van der Waals surface area (Å²) in [6.45, 7) is 1.71. The quantitative estimate of drug-likeness (QED) is 0.475. The maximum Gasteiger partial charge on any atom is 0.328 e. The van der Waals surface area contributed by atoms with Crippen LogP contribution in [0, 0.1) is 0 Å². The Labute approximate surface area is 178 Å². The van der Waals surface area contributed by atoms with Crippen LogP contribution in [0.2, 0.25) is 0 Å². The van der Waals surface area contributed by atoms with Gasteiger partial charge in [-0.2, -0.15) is 0 Å². The van der Waals surface area contributed by atoms with Crippen molar-refractivity contribution in [2.45, 2.75) is 76.7 Å².